The molecule has 0 unspecified atom stereocenters. The quantitative estimate of drug-likeness (QED) is 0.333. The van der Waals surface area contributed by atoms with E-state index in [2.05, 4.69) is 22.8 Å². The molecule has 0 aliphatic heterocycles. The first-order valence-electron chi connectivity index (χ1n) is 10.1. The van der Waals surface area contributed by atoms with Gasteiger partial charge in [0, 0.05) is 31.3 Å². The van der Waals surface area contributed by atoms with Crippen LogP contribution >= 0.6 is 0 Å². The van der Waals surface area contributed by atoms with Crippen molar-refractivity contribution in [2.24, 2.45) is 4.99 Å². The fraction of sp³-hybridized carbons (Fsp3) is 0.435. The van der Waals surface area contributed by atoms with Crippen molar-refractivity contribution in [1.29, 1.82) is 0 Å². The zero-order chi connectivity index (χ0) is 21.8. The van der Waals surface area contributed by atoms with Crippen LogP contribution < -0.4 is 24.8 Å². The summed E-state index contributed by atoms with van der Waals surface area (Å²) in [5, 5.41) is 6.66. The Balaban J connectivity index is 2.11. The highest BCUT2D eigenvalue weighted by atomic mass is 16.5. The van der Waals surface area contributed by atoms with Crippen molar-refractivity contribution in [3.05, 3.63) is 53.1 Å². The van der Waals surface area contributed by atoms with Gasteiger partial charge in [0.1, 0.15) is 12.4 Å². The molecule has 0 saturated heterocycles. The molecule has 2 N–H and O–H groups in total. The lowest BCUT2D eigenvalue weighted by molar-refractivity contribution is 0.145. The fourth-order valence-electron chi connectivity index (χ4n) is 2.94. The molecule has 0 atom stereocenters. The van der Waals surface area contributed by atoms with Gasteiger partial charge in [0.2, 0.25) is 0 Å². The van der Waals surface area contributed by atoms with Gasteiger partial charge in [0.25, 0.3) is 0 Å². The molecule has 2 aromatic carbocycles. The van der Waals surface area contributed by atoms with Crippen molar-refractivity contribution in [3.63, 3.8) is 0 Å². The molecule has 0 heterocycles. The van der Waals surface area contributed by atoms with Crippen molar-refractivity contribution in [2.45, 2.75) is 26.9 Å². The number of guanidine groups is 1. The van der Waals surface area contributed by atoms with E-state index >= 15 is 0 Å². The van der Waals surface area contributed by atoms with Gasteiger partial charge in [-0.2, -0.15) is 0 Å². The second-order valence-corrected chi connectivity index (χ2v) is 6.65. The van der Waals surface area contributed by atoms with E-state index in [1.54, 1.807) is 21.3 Å². The maximum absolute atomic E-state index is 5.88. The Morgan fingerprint density at radius 1 is 0.933 bits per heavy atom. The summed E-state index contributed by atoms with van der Waals surface area (Å²) in [4.78, 5) is 4.70. The number of benzene rings is 2. The molecular formula is C23H33N3O4. The SMILES string of the molecule is CCNC(=NCc1cccc(OC)c1OC)NCc1ccc(C)cc1OCCOC. The zero-order valence-electron chi connectivity index (χ0n) is 18.6. The second kappa shape index (κ2) is 12.6. The predicted molar refractivity (Wildman–Crippen MR) is 120 cm³/mol. The number of hydrogen-bond donors (Lipinski definition) is 2. The van der Waals surface area contributed by atoms with Crippen LogP contribution in [-0.2, 0) is 17.8 Å². The normalized spacial score (nSPS) is 11.2. The average molecular weight is 416 g/mol. The molecule has 0 aliphatic carbocycles. The van der Waals surface area contributed by atoms with E-state index in [1.165, 1.54) is 0 Å². The van der Waals surface area contributed by atoms with Crippen molar-refractivity contribution < 1.29 is 18.9 Å². The largest absolute Gasteiger partial charge is 0.493 e. The van der Waals surface area contributed by atoms with E-state index in [1.807, 2.05) is 38.1 Å². The van der Waals surface area contributed by atoms with Gasteiger partial charge in [0.05, 0.1) is 27.4 Å². The number of nitrogens with zero attached hydrogens (tertiary/aromatic N) is 1. The highest BCUT2D eigenvalue weighted by Gasteiger charge is 2.10. The first-order valence-corrected chi connectivity index (χ1v) is 10.1. The molecule has 2 aromatic rings. The van der Waals surface area contributed by atoms with Crippen LogP contribution in [0.4, 0.5) is 0 Å². The summed E-state index contributed by atoms with van der Waals surface area (Å²) in [6.45, 7) is 6.95. The Kier molecular flexibility index (Phi) is 9.80. The molecule has 0 amide bonds. The van der Waals surface area contributed by atoms with Crippen molar-refractivity contribution >= 4 is 5.96 Å². The van der Waals surface area contributed by atoms with Crippen molar-refractivity contribution in [3.8, 4) is 17.2 Å². The number of ether oxygens (including phenoxy) is 4. The van der Waals surface area contributed by atoms with Crippen LogP contribution in [0.25, 0.3) is 0 Å². The van der Waals surface area contributed by atoms with Gasteiger partial charge in [0.15, 0.2) is 17.5 Å². The second-order valence-electron chi connectivity index (χ2n) is 6.65. The van der Waals surface area contributed by atoms with Crippen LogP contribution in [0.2, 0.25) is 0 Å². The smallest absolute Gasteiger partial charge is 0.191 e. The third-order valence-electron chi connectivity index (χ3n) is 4.45. The summed E-state index contributed by atoms with van der Waals surface area (Å²) in [5.74, 6) is 2.96. The number of hydrogen-bond acceptors (Lipinski definition) is 5. The molecule has 0 radical (unpaired) electrons. The van der Waals surface area contributed by atoms with Crippen LogP contribution in [0.3, 0.4) is 0 Å². The molecular weight excluding hydrogens is 382 g/mol. The third-order valence-corrected chi connectivity index (χ3v) is 4.45. The van der Waals surface area contributed by atoms with Crippen LogP contribution in [0.1, 0.15) is 23.6 Å². The summed E-state index contributed by atoms with van der Waals surface area (Å²) < 4.78 is 21.8. The van der Waals surface area contributed by atoms with Crippen molar-refractivity contribution in [2.75, 3.05) is 41.1 Å². The molecule has 7 nitrogen and oxygen atoms in total. The zero-order valence-corrected chi connectivity index (χ0v) is 18.6. The van der Waals surface area contributed by atoms with Gasteiger partial charge in [-0.25, -0.2) is 4.99 Å². The van der Waals surface area contributed by atoms with Gasteiger partial charge < -0.3 is 29.6 Å². The van der Waals surface area contributed by atoms with Crippen LogP contribution in [-0.4, -0.2) is 47.0 Å². The summed E-state index contributed by atoms with van der Waals surface area (Å²) in [6.07, 6.45) is 0. The lowest BCUT2D eigenvalue weighted by Crippen LogP contribution is -2.36. The van der Waals surface area contributed by atoms with E-state index in [-0.39, 0.29) is 0 Å². The monoisotopic (exact) mass is 415 g/mol. The topological polar surface area (TPSA) is 73.3 Å². The molecule has 164 valence electrons. The molecule has 0 aliphatic rings. The van der Waals surface area contributed by atoms with Crippen LogP contribution in [0, 0.1) is 6.92 Å². The third kappa shape index (κ3) is 6.84. The van der Waals surface area contributed by atoms with Gasteiger partial charge in [-0.1, -0.05) is 24.3 Å². The van der Waals surface area contributed by atoms with Gasteiger partial charge in [-0.3, -0.25) is 0 Å². The summed E-state index contributed by atoms with van der Waals surface area (Å²) in [5.41, 5.74) is 3.16. The summed E-state index contributed by atoms with van der Waals surface area (Å²) in [7, 11) is 4.93. The minimum absolute atomic E-state index is 0.459. The molecule has 7 heteroatoms. The first kappa shape index (κ1) is 23.3. The maximum Gasteiger partial charge on any atom is 0.191 e. The van der Waals surface area contributed by atoms with Gasteiger partial charge in [-0.15, -0.1) is 0 Å². The van der Waals surface area contributed by atoms with Gasteiger partial charge >= 0.3 is 0 Å². The number of rotatable bonds is 11. The molecule has 0 bridgehead atoms. The van der Waals surface area contributed by atoms with Crippen molar-refractivity contribution in [1.82, 2.24) is 10.6 Å². The highest BCUT2D eigenvalue weighted by Crippen LogP contribution is 2.31. The summed E-state index contributed by atoms with van der Waals surface area (Å²) in [6, 6.07) is 12.0. The minimum Gasteiger partial charge on any atom is -0.493 e. The lowest BCUT2D eigenvalue weighted by atomic mass is 10.1. The average Bonchev–Trinajstić information content (AvgIpc) is 2.76. The van der Waals surface area contributed by atoms with E-state index < -0.39 is 0 Å². The number of para-hydroxylation sites is 1. The molecule has 0 fully saturated rings. The number of aryl methyl sites for hydroxylation is 1. The lowest BCUT2D eigenvalue weighted by Gasteiger charge is -2.16. The minimum atomic E-state index is 0.459. The van der Waals surface area contributed by atoms with E-state index in [0.29, 0.717) is 43.8 Å². The molecule has 0 saturated carbocycles. The Morgan fingerprint density at radius 2 is 1.77 bits per heavy atom. The standard InChI is InChI=1S/C23H33N3O4/c1-6-24-23(26-16-19-8-7-9-20(28-4)22(19)29-5)25-15-18-11-10-17(2)14-21(18)30-13-12-27-3/h7-11,14H,6,12-13,15-16H2,1-5H3,(H2,24,25,26). The Labute approximate surface area is 179 Å². The number of nitrogens with one attached hydrogen (secondary N) is 2. The molecule has 30 heavy (non-hydrogen) atoms. The maximum atomic E-state index is 5.88. The molecule has 0 spiro atoms. The fourth-order valence-corrected chi connectivity index (χ4v) is 2.94. The molecule has 0 aromatic heterocycles. The van der Waals surface area contributed by atoms with Crippen LogP contribution in [0.15, 0.2) is 41.4 Å². The number of aliphatic imine (C=N–C) groups is 1. The Morgan fingerprint density at radius 3 is 2.47 bits per heavy atom. The Bertz CT molecular complexity index is 824. The van der Waals surface area contributed by atoms with E-state index in [0.717, 1.165) is 29.0 Å². The number of methoxy groups -OCH3 is 3. The Hall–Kier alpha value is -2.93. The van der Waals surface area contributed by atoms with Gasteiger partial charge in [-0.05, 0) is 31.5 Å². The van der Waals surface area contributed by atoms with E-state index in [9.17, 15) is 0 Å². The molecule has 2 rings (SSSR count). The van der Waals surface area contributed by atoms with E-state index in [4.69, 9.17) is 23.9 Å². The highest BCUT2D eigenvalue weighted by molar-refractivity contribution is 5.79. The predicted octanol–water partition coefficient (Wildman–Crippen LogP) is 3.29. The van der Waals surface area contributed by atoms with Crippen LogP contribution in [0.5, 0.6) is 17.2 Å². The first-order chi connectivity index (χ1) is 14.6. The summed E-state index contributed by atoms with van der Waals surface area (Å²) >= 11 is 0.